The maximum atomic E-state index is 10.8. The number of unbranched alkanes of at least 4 members (excludes halogenated alkanes) is 1. The SMILES string of the molecule is CCCC(=O)CCCCO.[H-].[K+]. The molecule has 0 unspecified atom stereocenters. The zero-order chi connectivity index (χ0) is 7.82. The molecule has 0 heterocycles. The van der Waals surface area contributed by atoms with E-state index in [1.54, 1.807) is 0 Å². The molecule has 1 N–H and O–H groups in total. The molecule has 0 aliphatic carbocycles. The smallest absolute Gasteiger partial charge is 1.00 e. The van der Waals surface area contributed by atoms with Gasteiger partial charge in [0.2, 0.25) is 0 Å². The van der Waals surface area contributed by atoms with Crippen molar-refractivity contribution in [3.8, 4) is 0 Å². The fourth-order valence-corrected chi connectivity index (χ4v) is 0.838. The number of hydrogen-bond donors (Lipinski definition) is 1. The van der Waals surface area contributed by atoms with E-state index in [-0.39, 0.29) is 59.4 Å². The van der Waals surface area contributed by atoms with E-state index in [9.17, 15) is 4.79 Å². The minimum Gasteiger partial charge on any atom is -1.00 e. The van der Waals surface area contributed by atoms with Crippen LogP contribution in [0.25, 0.3) is 0 Å². The van der Waals surface area contributed by atoms with Crippen LogP contribution in [-0.2, 0) is 4.79 Å². The van der Waals surface area contributed by atoms with Crippen LogP contribution in [0, 0.1) is 0 Å². The third kappa shape index (κ3) is 11.3. The first-order valence-electron chi connectivity index (χ1n) is 3.93. The van der Waals surface area contributed by atoms with Crippen molar-refractivity contribution in [2.24, 2.45) is 0 Å². The van der Waals surface area contributed by atoms with Gasteiger partial charge >= 0.3 is 51.4 Å². The van der Waals surface area contributed by atoms with Gasteiger partial charge in [-0.05, 0) is 19.3 Å². The molecular weight excluding hydrogens is 167 g/mol. The van der Waals surface area contributed by atoms with Crippen LogP contribution in [-0.4, -0.2) is 17.5 Å². The minimum atomic E-state index is 0. The normalized spacial score (nSPS) is 8.91. The average Bonchev–Trinajstić information content (AvgIpc) is 1.89. The monoisotopic (exact) mass is 184 g/mol. The molecule has 0 rings (SSSR count). The summed E-state index contributed by atoms with van der Waals surface area (Å²) in [6, 6.07) is 0. The van der Waals surface area contributed by atoms with Crippen molar-refractivity contribution >= 4 is 5.78 Å². The maximum absolute atomic E-state index is 10.8. The van der Waals surface area contributed by atoms with Crippen LogP contribution in [0.4, 0.5) is 0 Å². The number of carbonyl (C=O) groups excluding carboxylic acids is 1. The Morgan fingerprint density at radius 1 is 1.36 bits per heavy atom. The number of ketones is 1. The average molecular weight is 184 g/mol. The van der Waals surface area contributed by atoms with E-state index in [1.807, 2.05) is 6.92 Å². The Labute approximate surface area is 113 Å². The van der Waals surface area contributed by atoms with Crippen LogP contribution in [0.15, 0.2) is 0 Å². The van der Waals surface area contributed by atoms with Gasteiger partial charge in [0, 0.05) is 19.4 Å². The Balaban J connectivity index is -0.000000405. The molecule has 0 aliphatic rings. The number of aliphatic hydroxyl groups is 1. The molecule has 0 aromatic heterocycles. The predicted octanol–water partition coefficient (Wildman–Crippen LogP) is -1.37. The summed E-state index contributed by atoms with van der Waals surface area (Å²) < 4.78 is 0. The van der Waals surface area contributed by atoms with Gasteiger partial charge in [0.15, 0.2) is 0 Å². The molecule has 0 aromatic rings. The van der Waals surface area contributed by atoms with E-state index >= 15 is 0 Å². The predicted molar refractivity (Wildman–Crippen MR) is 42.0 cm³/mol. The Kier molecular flexibility index (Phi) is 15.1. The van der Waals surface area contributed by atoms with E-state index in [1.165, 1.54) is 0 Å². The van der Waals surface area contributed by atoms with Crippen molar-refractivity contribution in [2.75, 3.05) is 6.61 Å². The quantitative estimate of drug-likeness (QED) is 0.409. The molecule has 0 bridgehead atoms. The van der Waals surface area contributed by atoms with Crippen LogP contribution in [0.5, 0.6) is 0 Å². The molecule has 62 valence electrons. The van der Waals surface area contributed by atoms with Crippen LogP contribution in [0.2, 0.25) is 0 Å². The Morgan fingerprint density at radius 2 is 2.00 bits per heavy atom. The molecule has 0 radical (unpaired) electrons. The maximum Gasteiger partial charge on any atom is 1.00 e. The van der Waals surface area contributed by atoms with Gasteiger partial charge in [0.05, 0.1) is 0 Å². The van der Waals surface area contributed by atoms with Gasteiger partial charge in [-0.1, -0.05) is 6.92 Å². The van der Waals surface area contributed by atoms with Gasteiger partial charge in [-0.15, -0.1) is 0 Å². The van der Waals surface area contributed by atoms with E-state index in [0.29, 0.717) is 18.6 Å². The van der Waals surface area contributed by atoms with Gasteiger partial charge in [-0.3, -0.25) is 4.79 Å². The van der Waals surface area contributed by atoms with Crippen LogP contribution in [0.3, 0.4) is 0 Å². The fourth-order valence-electron chi connectivity index (χ4n) is 0.838. The number of hydrogen-bond acceptors (Lipinski definition) is 2. The van der Waals surface area contributed by atoms with Crippen molar-refractivity contribution in [1.29, 1.82) is 0 Å². The van der Waals surface area contributed by atoms with Crippen molar-refractivity contribution in [3.63, 3.8) is 0 Å². The second kappa shape index (κ2) is 11.3. The Bertz CT molecular complexity index is 99.1. The molecule has 0 aromatic carbocycles. The van der Waals surface area contributed by atoms with E-state index in [0.717, 1.165) is 19.3 Å². The summed E-state index contributed by atoms with van der Waals surface area (Å²) in [5, 5.41) is 8.40. The first-order chi connectivity index (χ1) is 4.81. The molecular formula is C8H17KO2. The first kappa shape index (κ1) is 14.8. The van der Waals surface area contributed by atoms with Crippen molar-refractivity contribution in [2.45, 2.75) is 39.0 Å². The summed E-state index contributed by atoms with van der Waals surface area (Å²) in [6.45, 7) is 2.21. The zero-order valence-electron chi connectivity index (χ0n) is 8.60. The number of Topliss-reactive ketones (excluding diaryl/α,β-unsaturated/α-hetero) is 1. The van der Waals surface area contributed by atoms with Gasteiger partial charge in [0.1, 0.15) is 5.78 Å². The van der Waals surface area contributed by atoms with Gasteiger partial charge in [-0.25, -0.2) is 0 Å². The molecule has 11 heavy (non-hydrogen) atoms. The molecule has 0 amide bonds. The van der Waals surface area contributed by atoms with Gasteiger partial charge in [0.25, 0.3) is 0 Å². The van der Waals surface area contributed by atoms with Crippen LogP contribution in [0.1, 0.15) is 40.5 Å². The molecule has 2 nitrogen and oxygen atoms in total. The van der Waals surface area contributed by atoms with Gasteiger partial charge in [-0.2, -0.15) is 0 Å². The summed E-state index contributed by atoms with van der Waals surface area (Å²) >= 11 is 0. The second-order valence-corrected chi connectivity index (χ2v) is 2.47. The van der Waals surface area contributed by atoms with E-state index < -0.39 is 0 Å². The summed E-state index contributed by atoms with van der Waals surface area (Å²) in [5.41, 5.74) is 0. The summed E-state index contributed by atoms with van der Waals surface area (Å²) in [7, 11) is 0. The zero-order valence-corrected chi connectivity index (χ0v) is 10.7. The molecule has 0 fully saturated rings. The third-order valence-corrected chi connectivity index (χ3v) is 1.39. The van der Waals surface area contributed by atoms with E-state index in [2.05, 4.69) is 0 Å². The summed E-state index contributed by atoms with van der Waals surface area (Å²) in [6.07, 6.45) is 3.89. The second-order valence-electron chi connectivity index (χ2n) is 2.47. The largest absolute Gasteiger partial charge is 1.00 e. The summed E-state index contributed by atoms with van der Waals surface area (Å²) in [5.74, 6) is 0.330. The topological polar surface area (TPSA) is 37.3 Å². The molecule has 3 heteroatoms. The van der Waals surface area contributed by atoms with Crippen LogP contribution < -0.4 is 51.4 Å². The van der Waals surface area contributed by atoms with Crippen molar-refractivity contribution < 1.29 is 62.7 Å². The first-order valence-corrected chi connectivity index (χ1v) is 3.93. The van der Waals surface area contributed by atoms with Crippen molar-refractivity contribution in [3.05, 3.63) is 0 Å². The standard InChI is InChI=1S/C8H16O2.K.H/c1-2-5-8(10)6-3-4-7-9;;/h9H,2-7H2,1H3;;/q;+1;-1. The van der Waals surface area contributed by atoms with Crippen molar-refractivity contribution in [1.82, 2.24) is 0 Å². The minimum absolute atomic E-state index is 0. The van der Waals surface area contributed by atoms with E-state index in [4.69, 9.17) is 5.11 Å². The third-order valence-electron chi connectivity index (χ3n) is 1.39. The number of aliphatic hydroxyl groups excluding tert-OH is 1. The fraction of sp³-hybridized carbons (Fsp3) is 0.875. The number of rotatable bonds is 6. The summed E-state index contributed by atoms with van der Waals surface area (Å²) in [4.78, 5) is 10.8. The molecule has 0 saturated carbocycles. The van der Waals surface area contributed by atoms with Gasteiger partial charge < -0.3 is 6.53 Å². The molecule has 0 saturated heterocycles. The molecule has 0 atom stereocenters. The number of carbonyl (C=O) groups is 1. The Morgan fingerprint density at radius 3 is 2.45 bits per heavy atom. The van der Waals surface area contributed by atoms with Crippen LogP contribution >= 0.6 is 0 Å². The molecule has 0 spiro atoms. The Hall–Kier alpha value is 1.27. The molecule has 0 aliphatic heterocycles.